The van der Waals surface area contributed by atoms with E-state index in [1.807, 2.05) is 6.92 Å². The molecule has 0 unspecified atom stereocenters. The number of aromatic carboxylic acids is 1. The molecule has 1 saturated carbocycles. The average molecular weight is 621 g/mol. The summed E-state index contributed by atoms with van der Waals surface area (Å²) >= 11 is 0. The van der Waals surface area contributed by atoms with Crippen LogP contribution in [0.5, 0.6) is 0 Å². The van der Waals surface area contributed by atoms with E-state index < -0.39 is 34.9 Å². The van der Waals surface area contributed by atoms with Crippen molar-refractivity contribution in [2.45, 2.75) is 68.7 Å². The second-order valence-corrected chi connectivity index (χ2v) is 12.6. The molecule has 4 N–H and O–H groups in total. The van der Waals surface area contributed by atoms with Crippen LogP contribution in [-0.2, 0) is 28.0 Å². The SMILES string of the molecule is C[C@H]1CN([C@@H]2CC[C@@](C(=O)N3Cc4cc(C(F)(F)F)ccc4[C@@](N)(O)C3)(C3CC3)OC2)CCN1c1ccc(F)c(C(=O)O)c1. The van der Waals surface area contributed by atoms with Gasteiger partial charge in [-0.3, -0.25) is 15.4 Å². The van der Waals surface area contributed by atoms with Crippen LogP contribution in [0.25, 0.3) is 0 Å². The second-order valence-electron chi connectivity index (χ2n) is 12.6. The summed E-state index contributed by atoms with van der Waals surface area (Å²) in [5.74, 6) is -2.47. The first kappa shape index (κ1) is 30.8. The summed E-state index contributed by atoms with van der Waals surface area (Å²) in [4.78, 5) is 31.2. The average Bonchev–Trinajstić information content (AvgIpc) is 3.82. The lowest BCUT2D eigenvalue weighted by Gasteiger charge is -2.49. The van der Waals surface area contributed by atoms with Crippen LogP contribution in [0.4, 0.5) is 23.2 Å². The van der Waals surface area contributed by atoms with Crippen LogP contribution in [0.1, 0.15) is 59.7 Å². The number of anilines is 1. The van der Waals surface area contributed by atoms with Gasteiger partial charge in [-0.05, 0) is 74.4 Å². The van der Waals surface area contributed by atoms with Crippen LogP contribution in [0, 0.1) is 11.7 Å². The molecule has 2 saturated heterocycles. The van der Waals surface area contributed by atoms with Crippen molar-refractivity contribution in [2.24, 2.45) is 11.7 Å². The maximum Gasteiger partial charge on any atom is 0.416 e. The monoisotopic (exact) mass is 620 g/mol. The van der Waals surface area contributed by atoms with Crippen LogP contribution in [-0.4, -0.2) is 82.4 Å². The number of ether oxygens (including phenoxy) is 1. The smallest absolute Gasteiger partial charge is 0.416 e. The molecule has 2 aromatic carbocycles. The number of nitrogens with two attached hydrogens (primary N) is 1. The number of carbonyl (C=O) groups is 2. The fourth-order valence-corrected chi connectivity index (χ4v) is 7.21. The normalized spacial score (nSPS) is 29.8. The maximum atomic E-state index is 14.1. The lowest BCUT2D eigenvalue weighted by molar-refractivity contribution is -0.180. The number of hydrogen-bond acceptors (Lipinski definition) is 7. The molecule has 0 bridgehead atoms. The van der Waals surface area contributed by atoms with Crippen molar-refractivity contribution in [1.82, 2.24) is 9.80 Å². The Labute approximate surface area is 252 Å². The van der Waals surface area contributed by atoms with Gasteiger partial charge >= 0.3 is 12.1 Å². The molecule has 0 spiro atoms. The number of β-amino-alcohol motifs (C(OH)–C–C–N with tert-alkyl or cyclic N) is 1. The zero-order valence-corrected chi connectivity index (χ0v) is 24.3. The molecule has 238 valence electrons. The zero-order valence-electron chi connectivity index (χ0n) is 24.3. The summed E-state index contributed by atoms with van der Waals surface area (Å²) in [6, 6.07) is 7.16. The Morgan fingerprint density at radius 2 is 1.84 bits per heavy atom. The first-order valence-corrected chi connectivity index (χ1v) is 14.9. The van der Waals surface area contributed by atoms with Gasteiger partial charge in [-0.2, -0.15) is 13.2 Å². The highest BCUT2D eigenvalue weighted by molar-refractivity contribution is 5.89. The summed E-state index contributed by atoms with van der Waals surface area (Å²) in [6.07, 6.45) is -1.86. The molecule has 1 amide bonds. The van der Waals surface area contributed by atoms with E-state index in [-0.39, 0.29) is 53.7 Å². The van der Waals surface area contributed by atoms with Gasteiger partial charge in [0.1, 0.15) is 11.4 Å². The van der Waals surface area contributed by atoms with Crippen LogP contribution in [0.2, 0.25) is 0 Å². The van der Waals surface area contributed by atoms with Gasteiger partial charge < -0.3 is 24.7 Å². The van der Waals surface area contributed by atoms with Gasteiger partial charge in [0.15, 0.2) is 5.72 Å². The number of alkyl halides is 3. The van der Waals surface area contributed by atoms with Gasteiger partial charge in [-0.15, -0.1) is 0 Å². The molecule has 3 heterocycles. The van der Waals surface area contributed by atoms with Crippen LogP contribution < -0.4 is 10.6 Å². The van der Waals surface area contributed by atoms with E-state index in [2.05, 4.69) is 9.80 Å². The Hall–Kier alpha value is -3.26. The lowest BCUT2D eigenvalue weighted by atomic mass is 9.83. The molecule has 0 aromatic heterocycles. The van der Waals surface area contributed by atoms with Crippen molar-refractivity contribution in [3.05, 3.63) is 64.5 Å². The molecule has 0 radical (unpaired) electrons. The van der Waals surface area contributed by atoms with Crippen molar-refractivity contribution >= 4 is 17.6 Å². The number of carboxylic acid groups (broad SMARTS) is 1. The molecule has 44 heavy (non-hydrogen) atoms. The van der Waals surface area contributed by atoms with E-state index >= 15 is 0 Å². The third-order valence-electron chi connectivity index (χ3n) is 9.65. The molecule has 4 atom stereocenters. The summed E-state index contributed by atoms with van der Waals surface area (Å²) in [5, 5.41) is 20.3. The molecule has 6 rings (SSSR count). The number of piperazine rings is 1. The number of rotatable bonds is 5. The van der Waals surface area contributed by atoms with E-state index in [1.165, 1.54) is 23.1 Å². The summed E-state index contributed by atoms with van der Waals surface area (Å²) in [7, 11) is 0. The summed E-state index contributed by atoms with van der Waals surface area (Å²) < 4.78 is 60.6. The van der Waals surface area contributed by atoms with Gasteiger partial charge in [-0.25, -0.2) is 9.18 Å². The number of amides is 1. The Morgan fingerprint density at radius 3 is 2.45 bits per heavy atom. The fraction of sp³-hybridized carbons (Fsp3) is 0.548. The van der Waals surface area contributed by atoms with Crippen molar-refractivity contribution in [3.63, 3.8) is 0 Å². The van der Waals surface area contributed by atoms with Gasteiger partial charge in [0.2, 0.25) is 0 Å². The van der Waals surface area contributed by atoms with Gasteiger partial charge in [0, 0.05) is 49.5 Å². The number of aliphatic hydroxyl groups is 1. The molecule has 3 fully saturated rings. The minimum atomic E-state index is -4.58. The number of benzene rings is 2. The molecule has 2 aromatic rings. The summed E-state index contributed by atoms with van der Waals surface area (Å²) in [6.45, 7) is 3.87. The number of carboxylic acids is 1. The molecular formula is C31H36F4N4O5. The van der Waals surface area contributed by atoms with Crippen molar-refractivity contribution in [1.29, 1.82) is 0 Å². The van der Waals surface area contributed by atoms with Crippen LogP contribution in [0.3, 0.4) is 0 Å². The van der Waals surface area contributed by atoms with Crippen molar-refractivity contribution in [2.75, 3.05) is 37.7 Å². The lowest BCUT2D eigenvalue weighted by Crippen LogP contribution is -2.63. The minimum Gasteiger partial charge on any atom is -0.478 e. The molecule has 13 heteroatoms. The standard InChI is InChI=1S/C31H36F4N4O5/c1-18-14-37(10-11-39(18)22-5-7-26(32)24(13-22)27(40)41)23-8-9-29(44-16-23,20-2-3-20)28(42)38-15-19-12-21(31(33,34)35)4-6-25(19)30(36,43)17-38/h4-7,12-13,18,20,23,43H,2-3,8-11,14-17,36H2,1H3,(H,40,41)/t18-,23+,29-,30-/m0/s1. The molecule has 4 aliphatic rings. The highest BCUT2D eigenvalue weighted by Crippen LogP contribution is 2.49. The number of nitrogens with zero attached hydrogens (tertiary/aromatic N) is 3. The van der Waals surface area contributed by atoms with Gasteiger partial charge in [-0.1, -0.05) is 6.07 Å². The molecule has 1 aliphatic carbocycles. The Balaban J connectivity index is 1.14. The maximum absolute atomic E-state index is 14.1. The largest absolute Gasteiger partial charge is 0.478 e. The molecular weight excluding hydrogens is 584 g/mol. The fourth-order valence-electron chi connectivity index (χ4n) is 7.21. The van der Waals surface area contributed by atoms with E-state index in [0.29, 0.717) is 44.8 Å². The zero-order chi connectivity index (χ0) is 31.6. The van der Waals surface area contributed by atoms with Crippen LogP contribution in [0.15, 0.2) is 36.4 Å². The van der Waals surface area contributed by atoms with Crippen molar-refractivity contribution < 1.29 is 42.1 Å². The topological polar surface area (TPSA) is 120 Å². The van der Waals surface area contributed by atoms with E-state index in [9.17, 15) is 37.4 Å². The van der Waals surface area contributed by atoms with E-state index in [1.54, 1.807) is 6.07 Å². The summed E-state index contributed by atoms with van der Waals surface area (Å²) in [5.41, 5.74) is 2.75. The Bertz CT molecular complexity index is 1460. The quantitative estimate of drug-likeness (QED) is 0.343. The first-order chi connectivity index (χ1) is 20.7. The Morgan fingerprint density at radius 1 is 1.09 bits per heavy atom. The third kappa shape index (κ3) is 5.55. The predicted molar refractivity (Wildman–Crippen MR) is 151 cm³/mol. The number of halogens is 4. The van der Waals surface area contributed by atoms with Crippen LogP contribution >= 0.6 is 0 Å². The van der Waals surface area contributed by atoms with Gasteiger partial charge in [0.05, 0.1) is 24.3 Å². The highest BCUT2D eigenvalue weighted by atomic mass is 19.4. The van der Waals surface area contributed by atoms with E-state index in [4.69, 9.17) is 10.5 Å². The first-order valence-electron chi connectivity index (χ1n) is 14.9. The number of hydrogen-bond donors (Lipinski definition) is 3. The predicted octanol–water partition coefficient (Wildman–Crippen LogP) is 3.53. The van der Waals surface area contributed by atoms with Gasteiger partial charge in [0.25, 0.3) is 5.91 Å². The van der Waals surface area contributed by atoms with Crippen molar-refractivity contribution in [3.8, 4) is 0 Å². The second kappa shape index (κ2) is 11.0. The highest BCUT2D eigenvalue weighted by Gasteiger charge is 2.57. The minimum absolute atomic E-state index is 0.00448. The van der Waals surface area contributed by atoms with E-state index in [0.717, 1.165) is 25.0 Å². The number of fused-ring (bicyclic) bond motifs is 1. The number of carbonyl (C=O) groups excluding carboxylic acids is 1. The molecule has 9 nitrogen and oxygen atoms in total. The third-order valence-corrected chi connectivity index (χ3v) is 9.65. The molecule has 3 aliphatic heterocycles. The Kier molecular flexibility index (Phi) is 7.67.